The number of hydrogen-bond acceptors (Lipinski definition) is 2. The van der Waals surface area contributed by atoms with Crippen molar-refractivity contribution in [1.29, 1.82) is 0 Å². The molecule has 140 valence electrons. The van der Waals surface area contributed by atoms with E-state index in [1.807, 2.05) is 6.92 Å². The van der Waals surface area contributed by atoms with Gasteiger partial charge in [-0.15, -0.1) is 0 Å². The second-order valence-electron chi connectivity index (χ2n) is 9.57. The molecule has 0 aromatic rings. The Morgan fingerprint density at radius 1 is 1.00 bits per heavy atom. The Bertz CT molecular complexity index is 487. The lowest BCUT2D eigenvalue weighted by Gasteiger charge is -2.57. The van der Waals surface area contributed by atoms with E-state index >= 15 is 0 Å². The van der Waals surface area contributed by atoms with Crippen molar-refractivity contribution in [3.63, 3.8) is 0 Å². The summed E-state index contributed by atoms with van der Waals surface area (Å²) in [6, 6.07) is 0.266. The molecule has 0 spiro atoms. The van der Waals surface area contributed by atoms with E-state index in [9.17, 15) is 9.59 Å². The third-order valence-electron chi connectivity index (χ3n) is 7.38. The molecular formula is C21H34N2O2. The molecule has 1 saturated heterocycles. The normalized spacial score (nSPS) is 37.3. The van der Waals surface area contributed by atoms with Crippen LogP contribution in [-0.4, -0.2) is 35.8 Å². The predicted octanol–water partition coefficient (Wildman–Crippen LogP) is 3.50. The van der Waals surface area contributed by atoms with Gasteiger partial charge in [0.1, 0.15) is 0 Å². The molecule has 1 aliphatic heterocycles. The zero-order valence-electron chi connectivity index (χ0n) is 15.8. The van der Waals surface area contributed by atoms with Gasteiger partial charge in [0.25, 0.3) is 0 Å². The Kier molecular flexibility index (Phi) is 4.81. The van der Waals surface area contributed by atoms with Gasteiger partial charge in [-0.2, -0.15) is 0 Å². The number of hydrogen-bond donors (Lipinski definition) is 1. The quantitative estimate of drug-likeness (QED) is 0.828. The minimum atomic E-state index is 0.167. The van der Waals surface area contributed by atoms with Crippen LogP contribution in [0, 0.1) is 23.2 Å². The van der Waals surface area contributed by atoms with E-state index in [1.165, 1.54) is 38.5 Å². The van der Waals surface area contributed by atoms with Crippen LogP contribution in [0.15, 0.2) is 0 Å². The molecule has 5 aliphatic rings. The highest BCUT2D eigenvalue weighted by Gasteiger charge is 2.51. The van der Waals surface area contributed by atoms with Crippen LogP contribution in [0.25, 0.3) is 0 Å². The molecular weight excluding hydrogens is 312 g/mol. The van der Waals surface area contributed by atoms with Crippen LogP contribution in [0.2, 0.25) is 0 Å². The van der Waals surface area contributed by atoms with Crippen molar-refractivity contribution < 1.29 is 9.59 Å². The Labute approximate surface area is 152 Å². The summed E-state index contributed by atoms with van der Waals surface area (Å²) in [4.78, 5) is 26.8. The molecule has 4 aliphatic carbocycles. The third kappa shape index (κ3) is 3.73. The van der Waals surface area contributed by atoms with E-state index in [1.54, 1.807) is 0 Å². The Morgan fingerprint density at radius 2 is 1.56 bits per heavy atom. The minimum Gasteiger partial charge on any atom is -0.353 e. The number of nitrogens with zero attached hydrogens (tertiary/aromatic N) is 1. The lowest BCUT2D eigenvalue weighted by molar-refractivity contribution is -0.140. The van der Waals surface area contributed by atoms with Gasteiger partial charge in [-0.1, -0.05) is 6.92 Å². The first-order valence-electron chi connectivity index (χ1n) is 10.6. The molecule has 4 nitrogen and oxygen atoms in total. The molecule has 1 N–H and O–H groups in total. The molecule has 0 aromatic heterocycles. The van der Waals surface area contributed by atoms with Gasteiger partial charge in [0.05, 0.1) is 0 Å². The fraction of sp³-hybridized carbons (Fsp3) is 0.905. The van der Waals surface area contributed by atoms with Crippen LogP contribution < -0.4 is 5.32 Å². The number of likely N-dealkylation sites (tertiary alicyclic amines) is 1. The second-order valence-corrected chi connectivity index (χ2v) is 9.57. The Hall–Kier alpha value is -1.06. The molecule has 1 heterocycles. The molecule has 0 unspecified atom stereocenters. The Morgan fingerprint density at radius 3 is 2.08 bits per heavy atom. The van der Waals surface area contributed by atoms with Gasteiger partial charge in [0.15, 0.2) is 0 Å². The van der Waals surface area contributed by atoms with Crippen molar-refractivity contribution in [2.75, 3.05) is 13.1 Å². The molecule has 4 saturated carbocycles. The van der Waals surface area contributed by atoms with E-state index in [0.29, 0.717) is 17.7 Å². The average Bonchev–Trinajstić information content (AvgIpc) is 2.54. The van der Waals surface area contributed by atoms with E-state index in [0.717, 1.165) is 56.5 Å². The summed E-state index contributed by atoms with van der Waals surface area (Å²) in [7, 11) is 0. The van der Waals surface area contributed by atoms with Crippen LogP contribution in [0.1, 0.15) is 77.6 Å². The van der Waals surface area contributed by atoms with Gasteiger partial charge in [-0.05, 0) is 81.0 Å². The van der Waals surface area contributed by atoms with Gasteiger partial charge >= 0.3 is 0 Å². The van der Waals surface area contributed by atoms with Gasteiger partial charge in [0.2, 0.25) is 11.8 Å². The molecule has 4 heteroatoms. The SMILES string of the molecule is CCCC(=O)NC1CCN(C(=O)CC23CC4CC(CC(C4)C2)C3)CC1. The summed E-state index contributed by atoms with van der Waals surface area (Å²) < 4.78 is 0. The summed E-state index contributed by atoms with van der Waals surface area (Å²) in [5.74, 6) is 3.30. The van der Waals surface area contributed by atoms with Crippen LogP contribution in [0.3, 0.4) is 0 Å². The van der Waals surface area contributed by atoms with Crippen molar-refractivity contribution in [3.05, 3.63) is 0 Å². The van der Waals surface area contributed by atoms with Crippen LogP contribution >= 0.6 is 0 Å². The molecule has 0 atom stereocenters. The zero-order valence-corrected chi connectivity index (χ0v) is 15.8. The highest BCUT2D eigenvalue weighted by molar-refractivity contribution is 5.78. The van der Waals surface area contributed by atoms with Crippen LogP contribution in [0.5, 0.6) is 0 Å². The molecule has 2 amide bonds. The van der Waals surface area contributed by atoms with E-state index in [4.69, 9.17) is 0 Å². The van der Waals surface area contributed by atoms with Gasteiger partial charge < -0.3 is 10.2 Å². The smallest absolute Gasteiger partial charge is 0.223 e. The molecule has 25 heavy (non-hydrogen) atoms. The monoisotopic (exact) mass is 346 g/mol. The van der Waals surface area contributed by atoms with Gasteiger partial charge in [-0.3, -0.25) is 9.59 Å². The fourth-order valence-corrected chi connectivity index (χ4v) is 6.74. The molecule has 5 rings (SSSR count). The van der Waals surface area contributed by atoms with Gasteiger partial charge in [0, 0.05) is 32.0 Å². The number of carbonyl (C=O) groups is 2. The summed E-state index contributed by atoms with van der Waals surface area (Å²) >= 11 is 0. The number of carbonyl (C=O) groups excluding carboxylic acids is 2. The lowest BCUT2D eigenvalue weighted by Crippen LogP contribution is -2.50. The highest BCUT2D eigenvalue weighted by Crippen LogP contribution is 2.61. The maximum Gasteiger partial charge on any atom is 0.223 e. The fourth-order valence-electron chi connectivity index (χ4n) is 6.74. The molecule has 0 radical (unpaired) electrons. The number of nitrogens with one attached hydrogen (secondary N) is 1. The van der Waals surface area contributed by atoms with Crippen molar-refractivity contribution in [2.45, 2.75) is 83.6 Å². The standard InChI is InChI=1S/C21H34N2O2/c1-2-3-19(24)22-18-4-6-23(7-5-18)20(25)14-21-11-15-8-16(12-21)10-17(9-15)13-21/h15-18H,2-14H2,1H3,(H,22,24). The first-order chi connectivity index (χ1) is 12.0. The average molecular weight is 347 g/mol. The molecule has 0 aromatic carbocycles. The second kappa shape index (κ2) is 6.92. The number of amides is 2. The first-order valence-corrected chi connectivity index (χ1v) is 10.6. The van der Waals surface area contributed by atoms with Crippen molar-refractivity contribution >= 4 is 11.8 Å². The van der Waals surface area contributed by atoms with Gasteiger partial charge in [-0.25, -0.2) is 0 Å². The first kappa shape index (κ1) is 17.4. The van der Waals surface area contributed by atoms with Crippen LogP contribution in [-0.2, 0) is 9.59 Å². The lowest BCUT2D eigenvalue weighted by atomic mass is 9.49. The van der Waals surface area contributed by atoms with Crippen LogP contribution in [0.4, 0.5) is 0 Å². The minimum absolute atomic E-state index is 0.167. The number of rotatable bonds is 5. The van der Waals surface area contributed by atoms with E-state index in [2.05, 4.69) is 10.2 Å². The summed E-state index contributed by atoms with van der Waals surface area (Å²) in [6.07, 6.45) is 12.4. The summed E-state index contributed by atoms with van der Waals surface area (Å²) in [5, 5.41) is 3.13. The Balaban J connectivity index is 1.28. The predicted molar refractivity (Wildman–Crippen MR) is 97.9 cm³/mol. The summed E-state index contributed by atoms with van der Waals surface area (Å²) in [6.45, 7) is 3.68. The maximum atomic E-state index is 13.0. The maximum absolute atomic E-state index is 13.0. The molecule has 5 fully saturated rings. The van der Waals surface area contributed by atoms with E-state index in [-0.39, 0.29) is 11.9 Å². The third-order valence-corrected chi connectivity index (χ3v) is 7.38. The number of piperidine rings is 1. The van der Waals surface area contributed by atoms with Crippen molar-refractivity contribution in [3.8, 4) is 0 Å². The zero-order chi connectivity index (χ0) is 17.4. The largest absolute Gasteiger partial charge is 0.353 e. The summed E-state index contributed by atoms with van der Waals surface area (Å²) in [5.41, 5.74) is 0.345. The highest BCUT2D eigenvalue weighted by atomic mass is 16.2. The van der Waals surface area contributed by atoms with Crippen molar-refractivity contribution in [1.82, 2.24) is 10.2 Å². The van der Waals surface area contributed by atoms with E-state index < -0.39 is 0 Å². The van der Waals surface area contributed by atoms with Crippen molar-refractivity contribution in [2.24, 2.45) is 23.2 Å². The molecule has 4 bridgehead atoms. The topological polar surface area (TPSA) is 49.4 Å².